The van der Waals surface area contributed by atoms with Crippen LogP contribution in [-0.4, -0.2) is 23.3 Å². The van der Waals surface area contributed by atoms with Gasteiger partial charge in [-0.15, -0.1) is 0 Å². The smallest absolute Gasteiger partial charge is 0.338 e. The molecule has 0 aromatic rings. The van der Waals surface area contributed by atoms with Gasteiger partial charge in [0.25, 0.3) is 0 Å². The Morgan fingerprint density at radius 2 is 2.20 bits per heavy atom. The molecule has 0 spiro atoms. The summed E-state index contributed by atoms with van der Waals surface area (Å²) in [6, 6.07) is 0. The SMILES string of the molecule is C=C(C)C(=O)OC(O)CC.O=C1C=CO1. The Labute approximate surface area is 88.0 Å². The average Bonchev–Trinajstić information content (AvgIpc) is 2.15. The summed E-state index contributed by atoms with van der Waals surface area (Å²) in [6.07, 6.45) is 2.12. The monoisotopic (exact) mass is 214 g/mol. The van der Waals surface area contributed by atoms with E-state index in [1.54, 1.807) is 6.92 Å². The molecule has 0 radical (unpaired) electrons. The van der Waals surface area contributed by atoms with Gasteiger partial charge >= 0.3 is 11.9 Å². The Morgan fingerprint density at radius 3 is 2.40 bits per heavy atom. The molecule has 0 aliphatic carbocycles. The van der Waals surface area contributed by atoms with Crippen LogP contribution in [0.2, 0.25) is 0 Å². The predicted octanol–water partition coefficient (Wildman–Crippen LogP) is 0.891. The fraction of sp³-hybridized carbons (Fsp3) is 0.400. The molecular weight excluding hydrogens is 200 g/mol. The minimum absolute atomic E-state index is 0.245. The van der Waals surface area contributed by atoms with E-state index < -0.39 is 12.3 Å². The third-order valence-electron chi connectivity index (χ3n) is 1.33. The first kappa shape index (κ1) is 13.4. The summed E-state index contributed by atoms with van der Waals surface area (Å²) < 4.78 is 8.59. The summed E-state index contributed by atoms with van der Waals surface area (Å²) in [7, 11) is 0. The molecule has 5 heteroatoms. The molecule has 1 heterocycles. The number of hydrogen-bond donors (Lipinski definition) is 1. The van der Waals surface area contributed by atoms with E-state index in [-0.39, 0.29) is 5.97 Å². The van der Waals surface area contributed by atoms with Crippen LogP contribution in [0.15, 0.2) is 24.5 Å². The van der Waals surface area contributed by atoms with E-state index >= 15 is 0 Å². The van der Waals surface area contributed by atoms with E-state index in [2.05, 4.69) is 16.1 Å². The minimum atomic E-state index is -0.996. The van der Waals surface area contributed by atoms with Crippen LogP contribution >= 0.6 is 0 Å². The molecule has 0 saturated carbocycles. The van der Waals surface area contributed by atoms with Crippen LogP contribution in [0, 0.1) is 0 Å². The van der Waals surface area contributed by atoms with Crippen molar-refractivity contribution < 1.29 is 24.2 Å². The molecular formula is C10H14O5. The Hall–Kier alpha value is -1.62. The largest absolute Gasteiger partial charge is 0.433 e. The number of ether oxygens (including phenoxy) is 2. The maximum atomic E-state index is 10.6. The highest BCUT2D eigenvalue weighted by atomic mass is 16.6. The molecule has 1 unspecified atom stereocenters. The molecule has 0 aromatic heterocycles. The van der Waals surface area contributed by atoms with Crippen molar-refractivity contribution in [2.45, 2.75) is 26.6 Å². The lowest BCUT2D eigenvalue weighted by Gasteiger charge is -2.08. The third kappa shape index (κ3) is 6.45. The van der Waals surface area contributed by atoms with Gasteiger partial charge in [0.2, 0.25) is 6.29 Å². The van der Waals surface area contributed by atoms with Crippen LogP contribution in [0.25, 0.3) is 0 Å². The Balaban J connectivity index is 0.000000322. The highest BCUT2D eigenvalue weighted by molar-refractivity contribution is 5.87. The molecule has 5 nitrogen and oxygen atoms in total. The van der Waals surface area contributed by atoms with E-state index in [1.807, 2.05) is 0 Å². The summed E-state index contributed by atoms with van der Waals surface area (Å²) in [5, 5.41) is 8.79. The van der Waals surface area contributed by atoms with E-state index in [9.17, 15) is 9.59 Å². The molecule has 15 heavy (non-hydrogen) atoms. The van der Waals surface area contributed by atoms with E-state index in [1.165, 1.54) is 19.3 Å². The van der Waals surface area contributed by atoms with Crippen molar-refractivity contribution in [2.24, 2.45) is 0 Å². The second-order valence-corrected chi connectivity index (χ2v) is 2.79. The first-order valence-corrected chi connectivity index (χ1v) is 4.39. The van der Waals surface area contributed by atoms with Crippen LogP contribution in [0.3, 0.4) is 0 Å². The van der Waals surface area contributed by atoms with Gasteiger partial charge in [0.05, 0.1) is 6.08 Å². The highest BCUT2D eigenvalue weighted by Crippen LogP contribution is 1.98. The summed E-state index contributed by atoms with van der Waals surface area (Å²) in [4.78, 5) is 20.2. The standard InChI is InChI=1S/C7H12O3.C3H2O2/c1-4-6(8)10-7(9)5(2)3;4-3-1-2-5-3/h6,8H,2,4H2,1,3H3;1-2H. The van der Waals surface area contributed by atoms with Gasteiger partial charge in [-0.1, -0.05) is 13.5 Å². The fourth-order valence-electron chi connectivity index (χ4n) is 0.431. The summed E-state index contributed by atoms with van der Waals surface area (Å²) in [5.74, 6) is -0.792. The minimum Gasteiger partial charge on any atom is -0.433 e. The van der Waals surface area contributed by atoms with Crippen molar-refractivity contribution in [3.05, 3.63) is 24.5 Å². The molecule has 1 N–H and O–H groups in total. The average molecular weight is 214 g/mol. The van der Waals surface area contributed by atoms with Gasteiger partial charge in [0.1, 0.15) is 6.26 Å². The van der Waals surface area contributed by atoms with Gasteiger partial charge in [-0.3, -0.25) is 0 Å². The van der Waals surface area contributed by atoms with Gasteiger partial charge < -0.3 is 14.6 Å². The lowest BCUT2D eigenvalue weighted by atomic mass is 10.3. The number of rotatable bonds is 3. The predicted molar refractivity (Wildman–Crippen MR) is 52.4 cm³/mol. The van der Waals surface area contributed by atoms with Crippen molar-refractivity contribution in [1.82, 2.24) is 0 Å². The van der Waals surface area contributed by atoms with Crippen LogP contribution < -0.4 is 0 Å². The van der Waals surface area contributed by atoms with E-state index in [0.717, 1.165) is 0 Å². The molecule has 0 aromatic carbocycles. The molecule has 0 fully saturated rings. The van der Waals surface area contributed by atoms with Crippen LogP contribution in [0.5, 0.6) is 0 Å². The lowest BCUT2D eigenvalue weighted by Crippen LogP contribution is -2.16. The molecule has 0 bridgehead atoms. The van der Waals surface area contributed by atoms with Crippen LogP contribution in [0.4, 0.5) is 0 Å². The van der Waals surface area contributed by atoms with E-state index in [0.29, 0.717) is 12.0 Å². The topological polar surface area (TPSA) is 72.8 Å². The first-order valence-electron chi connectivity index (χ1n) is 4.39. The Kier molecular flexibility index (Phi) is 6.05. The number of aliphatic hydroxyl groups is 1. The lowest BCUT2D eigenvalue weighted by molar-refractivity contribution is -0.163. The molecule has 84 valence electrons. The maximum absolute atomic E-state index is 10.6. The molecule has 0 saturated heterocycles. The number of hydrogen-bond acceptors (Lipinski definition) is 5. The molecule has 0 amide bonds. The van der Waals surface area contributed by atoms with Gasteiger partial charge in [-0.25, -0.2) is 9.59 Å². The number of carbonyl (C=O) groups excluding carboxylic acids is 2. The van der Waals surface area contributed by atoms with Crippen molar-refractivity contribution in [3.63, 3.8) is 0 Å². The number of aliphatic hydroxyl groups excluding tert-OH is 1. The summed E-state index contributed by atoms with van der Waals surface area (Å²) in [6.45, 7) is 6.61. The van der Waals surface area contributed by atoms with Gasteiger partial charge in [0.15, 0.2) is 0 Å². The summed E-state index contributed by atoms with van der Waals surface area (Å²) >= 11 is 0. The zero-order valence-corrected chi connectivity index (χ0v) is 8.73. The van der Waals surface area contributed by atoms with Crippen molar-refractivity contribution in [3.8, 4) is 0 Å². The quantitative estimate of drug-likeness (QED) is 0.429. The van der Waals surface area contributed by atoms with Gasteiger partial charge in [-0.2, -0.15) is 0 Å². The normalized spacial score (nSPS) is 13.9. The first-order chi connectivity index (χ1) is 6.97. The molecule has 1 atom stereocenters. The van der Waals surface area contributed by atoms with E-state index in [4.69, 9.17) is 5.11 Å². The second-order valence-electron chi connectivity index (χ2n) is 2.79. The zero-order valence-electron chi connectivity index (χ0n) is 8.73. The number of esters is 2. The summed E-state index contributed by atoms with van der Waals surface area (Å²) in [5.41, 5.74) is 0.299. The Bertz CT molecular complexity index is 280. The van der Waals surface area contributed by atoms with Gasteiger partial charge in [-0.05, 0) is 6.92 Å². The maximum Gasteiger partial charge on any atom is 0.338 e. The third-order valence-corrected chi connectivity index (χ3v) is 1.33. The van der Waals surface area contributed by atoms with Crippen molar-refractivity contribution >= 4 is 11.9 Å². The number of carbonyl (C=O) groups is 2. The van der Waals surface area contributed by atoms with Crippen LogP contribution in [0.1, 0.15) is 20.3 Å². The Morgan fingerprint density at radius 1 is 1.73 bits per heavy atom. The van der Waals surface area contributed by atoms with Gasteiger partial charge in [0, 0.05) is 12.0 Å². The molecule has 1 aliphatic heterocycles. The molecule has 1 rings (SSSR count). The van der Waals surface area contributed by atoms with Crippen LogP contribution in [-0.2, 0) is 19.1 Å². The zero-order chi connectivity index (χ0) is 11.8. The molecule has 1 aliphatic rings. The fourth-order valence-corrected chi connectivity index (χ4v) is 0.431. The highest BCUT2D eigenvalue weighted by Gasteiger charge is 2.08. The van der Waals surface area contributed by atoms with Crippen molar-refractivity contribution in [2.75, 3.05) is 0 Å². The second kappa shape index (κ2) is 6.78. The number of cyclic esters (lactones) is 1. The van der Waals surface area contributed by atoms with Crippen molar-refractivity contribution in [1.29, 1.82) is 0 Å².